The monoisotopic (exact) mass is 344 g/mol. The van der Waals surface area contributed by atoms with Crippen molar-refractivity contribution in [1.29, 1.82) is 0 Å². The number of para-hydroxylation sites is 1. The number of fused-ring (bicyclic) bond motifs is 1. The SMILES string of the molecule is CCC1(CO)CCN(C(=O)CCN2C(=O)CCc3ccccc32)CC1. The van der Waals surface area contributed by atoms with Crippen LogP contribution in [-0.4, -0.2) is 48.1 Å². The first-order valence-corrected chi connectivity index (χ1v) is 9.35. The molecule has 0 saturated carbocycles. The van der Waals surface area contributed by atoms with Gasteiger partial charge in [-0.2, -0.15) is 0 Å². The van der Waals surface area contributed by atoms with E-state index >= 15 is 0 Å². The summed E-state index contributed by atoms with van der Waals surface area (Å²) in [4.78, 5) is 28.5. The molecule has 1 aromatic rings. The summed E-state index contributed by atoms with van der Waals surface area (Å²) in [6, 6.07) is 7.96. The van der Waals surface area contributed by atoms with Crippen LogP contribution in [0, 0.1) is 5.41 Å². The summed E-state index contributed by atoms with van der Waals surface area (Å²) in [5.74, 6) is 0.217. The van der Waals surface area contributed by atoms with E-state index in [1.54, 1.807) is 4.90 Å². The van der Waals surface area contributed by atoms with Crippen LogP contribution in [-0.2, 0) is 16.0 Å². The number of carbonyl (C=O) groups is 2. The normalized spacial score (nSPS) is 19.7. The van der Waals surface area contributed by atoms with E-state index in [2.05, 4.69) is 13.0 Å². The lowest BCUT2D eigenvalue weighted by molar-refractivity contribution is -0.134. The molecule has 1 N–H and O–H groups in total. The Balaban J connectivity index is 1.57. The number of piperidine rings is 1. The van der Waals surface area contributed by atoms with Crippen LogP contribution < -0.4 is 4.90 Å². The summed E-state index contributed by atoms with van der Waals surface area (Å²) in [6.45, 7) is 4.16. The van der Waals surface area contributed by atoms with Gasteiger partial charge in [-0.25, -0.2) is 0 Å². The Labute approximate surface area is 149 Å². The third-order valence-electron chi connectivity index (χ3n) is 6.00. The molecule has 3 rings (SSSR count). The van der Waals surface area contributed by atoms with Crippen molar-refractivity contribution in [3.8, 4) is 0 Å². The zero-order chi connectivity index (χ0) is 17.9. The molecule has 0 spiro atoms. The second kappa shape index (κ2) is 7.56. The number of aliphatic hydroxyl groups excluding tert-OH is 1. The van der Waals surface area contributed by atoms with Crippen LogP contribution in [0.4, 0.5) is 5.69 Å². The molecule has 2 aliphatic rings. The van der Waals surface area contributed by atoms with E-state index in [1.807, 2.05) is 23.1 Å². The summed E-state index contributed by atoms with van der Waals surface area (Å²) < 4.78 is 0. The molecular weight excluding hydrogens is 316 g/mol. The van der Waals surface area contributed by atoms with Crippen molar-refractivity contribution in [2.24, 2.45) is 5.41 Å². The van der Waals surface area contributed by atoms with Crippen molar-refractivity contribution >= 4 is 17.5 Å². The quantitative estimate of drug-likeness (QED) is 0.892. The van der Waals surface area contributed by atoms with Gasteiger partial charge in [0.15, 0.2) is 0 Å². The molecule has 0 radical (unpaired) electrons. The smallest absolute Gasteiger partial charge is 0.227 e. The molecule has 2 amide bonds. The summed E-state index contributed by atoms with van der Waals surface area (Å²) in [5, 5.41) is 9.61. The van der Waals surface area contributed by atoms with E-state index in [0.717, 1.165) is 31.4 Å². The average molecular weight is 344 g/mol. The predicted octanol–water partition coefficient (Wildman–Crippen LogP) is 2.37. The fraction of sp³-hybridized carbons (Fsp3) is 0.600. The van der Waals surface area contributed by atoms with Crippen LogP contribution in [0.1, 0.15) is 44.6 Å². The number of anilines is 1. The third-order valence-corrected chi connectivity index (χ3v) is 6.00. The number of aryl methyl sites for hydroxylation is 1. The van der Waals surface area contributed by atoms with Crippen molar-refractivity contribution in [1.82, 2.24) is 4.90 Å². The minimum absolute atomic E-state index is 0.0153. The topological polar surface area (TPSA) is 60.9 Å². The van der Waals surface area contributed by atoms with E-state index in [4.69, 9.17) is 0 Å². The zero-order valence-corrected chi connectivity index (χ0v) is 15.0. The van der Waals surface area contributed by atoms with E-state index in [0.29, 0.717) is 32.5 Å². The van der Waals surface area contributed by atoms with Crippen LogP contribution in [0.3, 0.4) is 0 Å². The van der Waals surface area contributed by atoms with Crippen LogP contribution in [0.2, 0.25) is 0 Å². The molecule has 136 valence electrons. The molecular formula is C20H28N2O3. The van der Waals surface area contributed by atoms with Gasteiger partial charge in [-0.15, -0.1) is 0 Å². The molecule has 0 aliphatic carbocycles. The molecule has 0 unspecified atom stereocenters. The van der Waals surface area contributed by atoms with Gasteiger partial charge in [0.2, 0.25) is 11.8 Å². The highest BCUT2D eigenvalue weighted by molar-refractivity contribution is 5.97. The molecule has 25 heavy (non-hydrogen) atoms. The molecule has 1 saturated heterocycles. The van der Waals surface area contributed by atoms with Crippen LogP contribution >= 0.6 is 0 Å². The lowest BCUT2D eigenvalue weighted by Gasteiger charge is -2.40. The Morgan fingerprint density at radius 3 is 2.60 bits per heavy atom. The number of benzene rings is 1. The average Bonchev–Trinajstić information content (AvgIpc) is 2.67. The Kier molecular flexibility index (Phi) is 5.42. The highest BCUT2D eigenvalue weighted by Gasteiger charge is 2.34. The highest BCUT2D eigenvalue weighted by atomic mass is 16.3. The molecule has 1 fully saturated rings. The van der Waals surface area contributed by atoms with Crippen molar-refractivity contribution < 1.29 is 14.7 Å². The molecule has 1 aromatic carbocycles. The van der Waals surface area contributed by atoms with Gasteiger partial charge < -0.3 is 14.9 Å². The maximum absolute atomic E-state index is 12.6. The maximum Gasteiger partial charge on any atom is 0.227 e. The van der Waals surface area contributed by atoms with Crippen molar-refractivity contribution in [3.63, 3.8) is 0 Å². The first kappa shape index (κ1) is 17.9. The molecule has 5 heteroatoms. The molecule has 2 aliphatic heterocycles. The van der Waals surface area contributed by atoms with Gasteiger partial charge in [-0.1, -0.05) is 25.1 Å². The van der Waals surface area contributed by atoms with Crippen LogP contribution in [0.5, 0.6) is 0 Å². The summed E-state index contributed by atoms with van der Waals surface area (Å²) >= 11 is 0. The van der Waals surface area contributed by atoms with Crippen LogP contribution in [0.15, 0.2) is 24.3 Å². The lowest BCUT2D eigenvalue weighted by atomic mass is 9.77. The fourth-order valence-corrected chi connectivity index (χ4v) is 3.96. The molecule has 5 nitrogen and oxygen atoms in total. The minimum atomic E-state index is -0.0153. The van der Waals surface area contributed by atoms with Gasteiger partial charge in [0.25, 0.3) is 0 Å². The first-order chi connectivity index (χ1) is 12.1. The minimum Gasteiger partial charge on any atom is -0.396 e. The Morgan fingerprint density at radius 2 is 1.92 bits per heavy atom. The van der Waals surface area contributed by atoms with Gasteiger partial charge in [0.1, 0.15) is 0 Å². The fourth-order valence-electron chi connectivity index (χ4n) is 3.96. The summed E-state index contributed by atoms with van der Waals surface area (Å²) in [5.41, 5.74) is 2.12. The maximum atomic E-state index is 12.6. The number of nitrogens with zero attached hydrogens (tertiary/aromatic N) is 2. The Morgan fingerprint density at radius 1 is 1.20 bits per heavy atom. The highest BCUT2D eigenvalue weighted by Crippen LogP contribution is 2.34. The van der Waals surface area contributed by atoms with Gasteiger partial charge in [-0.3, -0.25) is 9.59 Å². The molecule has 0 bridgehead atoms. The van der Waals surface area contributed by atoms with Crippen molar-refractivity contribution in [2.75, 3.05) is 31.1 Å². The van der Waals surface area contributed by atoms with Crippen molar-refractivity contribution in [2.45, 2.75) is 45.4 Å². The van der Waals surface area contributed by atoms with Crippen molar-refractivity contribution in [3.05, 3.63) is 29.8 Å². The van der Waals surface area contributed by atoms with E-state index in [-0.39, 0.29) is 23.8 Å². The van der Waals surface area contributed by atoms with Crippen LogP contribution in [0.25, 0.3) is 0 Å². The summed E-state index contributed by atoms with van der Waals surface area (Å²) in [6.07, 6.45) is 4.33. The number of likely N-dealkylation sites (tertiary alicyclic amines) is 1. The van der Waals surface area contributed by atoms with E-state index < -0.39 is 0 Å². The Hall–Kier alpha value is -1.88. The number of amides is 2. The Bertz CT molecular complexity index is 630. The summed E-state index contributed by atoms with van der Waals surface area (Å²) in [7, 11) is 0. The standard InChI is InChI=1S/C20H28N2O3/c1-2-20(15-23)10-13-21(14-11-20)18(24)9-12-22-17-6-4-3-5-16(17)7-8-19(22)25/h3-6,23H,2,7-15H2,1H3. The van der Waals surface area contributed by atoms with Gasteiger partial charge in [-0.05, 0) is 42.7 Å². The van der Waals surface area contributed by atoms with E-state index in [9.17, 15) is 14.7 Å². The van der Waals surface area contributed by atoms with Gasteiger partial charge >= 0.3 is 0 Å². The van der Waals surface area contributed by atoms with Gasteiger partial charge in [0, 0.05) is 44.8 Å². The number of carbonyl (C=O) groups excluding carboxylic acids is 2. The molecule has 0 atom stereocenters. The van der Waals surface area contributed by atoms with Gasteiger partial charge in [0.05, 0.1) is 0 Å². The number of aliphatic hydroxyl groups is 1. The number of hydrogen-bond donors (Lipinski definition) is 1. The second-order valence-electron chi connectivity index (χ2n) is 7.32. The first-order valence-electron chi connectivity index (χ1n) is 9.35. The number of rotatable bonds is 5. The second-order valence-corrected chi connectivity index (χ2v) is 7.32. The number of hydrogen-bond acceptors (Lipinski definition) is 3. The largest absolute Gasteiger partial charge is 0.396 e. The molecule has 2 heterocycles. The third kappa shape index (κ3) is 3.71. The molecule has 0 aromatic heterocycles. The zero-order valence-electron chi connectivity index (χ0n) is 15.0. The van der Waals surface area contributed by atoms with E-state index in [1.165, 1.54) is 5.56 Å². The lowest BCUT2D eigenvalue weighted by Crippen LogP contribution is -2.45. The predicted molar refractivity (Wildman–Crippen MR) is 97.4 cm³/mol.